The highest BCUT2D eigenvalue weighted by atomic mass is 32.2. The molecule has 0 aromatic heterocycles. The van der Waals surface area contributed by atoms with Gasteiger partial charge in [-0.05, 0) is 43.9 Å². The van der Waals surface area contributed by atoms with Gasteiger partial charge in [0.2, 0.25) is 0 Å². The number of rotatable bonds is 9. The highest BCUT2D eigenvalue weighted by Gasteiger charge is 2.27. The normalized spacial score (nSPS) is 14.6. The van der Waals surface area contributed by atoms with Gasteiger partial charge >= 0.3 is 0 Å². The van der Waals surface area contributed by atoms with Crippen LogP contribution in [0.3, 0.4) is 0 Å². The van der Waals surface area contributed by atoms with E-state index in [0.717, 1.165) is 36.9 Å². The first-order valence-corrected chi connectivity index (χ1v) is 9.59. The molecule has 1 N–H and O–H groups in total. The predicted molar refractivity (Wildman–Crippen MR) is 92.8 cm³/mol. The summed E-state index contributed by atoms with van der Waals surface area (Å²) in [5.74, 6) is 0.421. The second kappa shape index (κ2) is 8.53. The second-order valence-electron chi connectivity index (χ2n) is 6.02. The third-order valence-corrected chi connectivity index (χ3v) is 5.32. The van der Waals surface area contributed by atoms with Crippen LogP contribution in [-0.4, -0.2) is 24.9 Å². The number of anilines is 1. The number of benzene rings is 1. The average molecular weight is 327 g/mol. The molecule has 1 aromatic carbocycles. The molecule has 0 aliphatic heterocycles. The van der Waals surface area contributed by atoms with Crippen LogP contribution in [0.4, 0.5) is 5.69 Å². The van der Waals surface area contributed by atoms with Gasteiger partial charge in [-0.15, -0.1) is 0 Å². The minimum absolute atomic E-state index is 0.421. The van der Waals surface area contributed by atoms with Crippen molar-refractivity contribution in [3.05, 3.63) is 29.8 Å². The summed E-state index contributed by atoms with van der Waals surface area (Å²) in [7, 11) is -4.11. The van der Waals surface area contributed by atoms with Gasteiger partial charge in [0, 0.05) is 12.2 Å². The number of hydrogen-bond acceptors (Lipinski definition) is 3. The Morgan fingerprint density at radius 3 is 2.45 bits per heavy atom. The Morgan fingerprint density at radius 1 is 1.27 bits per heavy atom. The van der Waals surface area contributed by atoms with E-state index in [9.17, 15) is 13.0 Å². The number of nitrogens with zero attached hydrogens (tertiary/aromatic N) is 1. The first-order valence-electron chi connectivity index (χ1n) is 8.09. The fourth-order valence-electron chi connectivity index (χ4n) is 2.63. The van der Waals surface area contributed by atoms with Gasteiger partial charge in [-0.25, -0.2) is 0 Å². The summed E-state index contributed by atoms with van der Waals surface area (Å²) in [5, 5.41) is -0.940. The second-order valence-corrected chi connectivity index (χ2v) is 7.73. The SMILES string of the molecule is CCCCC(CC)CN(c1cccc(C)c1)C(C)S(=O)(=O)O. The van der Waals surface area contributed by atoms with Gasteiger partial charge in [0.05, 0.1) is 0 Å². The van der Waals surface area contributed by atoms with Crippen molar-refractivity contribution in [1.82, 2.24) is 0 Å². The number of hydrogen-bond donors (Lipinski definition) is 1. The van der Waals surface area contributed by atoms with Gasteiger partial charge in [0.1, 0.15) is 0 Å². The van der Waals surface area contributed by atoms with Crippen LogP contribution in [0.25, 0.3) is 0 Å². The molecule has 0 spiro atoms. The maximum Gasteiger partial charge on any atom is 0.286 e. The van der Waals surface area contributed by atoms with Gasteiger partial charge < -0.3 is 4.90 Å². The highest BCUT2D eigenvalue weighted by Crippen LogP contribution is 2.24. The Labute approximate surface area is 135 Å². The average Bonchev–Trinajstić information content (AvgIpc) is 2.46. The fraction of sp³-hybridized carbons (Fsp3) is 0.647. The van der Waals surface area contributed by atoms with Crippen molar-refractivity contribution in [2.45, 2.75) is 58.8 Å². The lowest BCUT2D eigenvalue weighted by atomic mass is 9.98. The molecule has 0 amide bonds. The summed E-state index contributed by atoms with van der Waals surface area (Å²) in [6, 6.07) is 7.77. The molecule has 2 atom stereocenters. The van der Waals surface area contributed by atoms with Crippen molar-refractivity contribution in [2.24, 2.45) is 5.92 Å². The summed E-state index contributed by atoms with van der Waals surface area (Å²) in [6.45, 7) is 8.46. The molecule has 5 heteroatoms. The molecular weight excluding hydrogens is 298 g/mol. The third kappa shape index (κ3) is 5.61. The number of unbranched alkanes of at least 4 members (excludes halogenated alkanes) is 1. The molecule has 0 saturated carbocycles. The molecule has 0 aliphatic carbocycles. The zero-order valence-electron chi connectivity index (χ0n) is 14.1. The molecular formula is C17H29NO3S. The zero-order valence-corrected chi connectivity index (χ0v) is 14.9. The summed E-state index contributed by atoms with van der Waals surface area (Å²) in [6.07, 6.45) is 4.35. The van der Waals surface area contributed by atoms with Crippen LogP contribution < -0.4 is 4.90 Å². The summed E-state index contributed by atoms with van der Waals surface area (Å²) >= 11 is 0. The van der Waals surface area contributed by atoms with E-state index in [0.29, 0.717) is 12.5 Å². The van der Waals surface area contributed by atoms with Crippen molar-refractivity contribution in [3.63, 3.8) is 0 Å². The zero-order chi connectivity index (χ0) is 16.8. The van der Waals surface area contributed by atoms with Crippen molar-refractivity contribution >= 4 is 15.8 Å². The monoisotopic (exact) mass is 327 g/mol. The van der Waals surface area contributed by atoms with Crippen LogP contribution in [0.15, 0.2) is 24.3 Å². The van der Waals surface area contributed by atoms with Gasteiger partial charge in [0.15, 0.2) is 5.37 Å². The largest absolute Gasteiger partial charge is 0.353 e. The first kappa shape index (κ1) is 19.0. The molecule has 126 valence electrons. The quantitative estimate of drug-likeness (QED) is 0.689. The van der Waals surface area contributed by atoms with E-state index in [-0.39, 0.29) is 0 Å². The molecule has 0 heterocycles. The molecule has 1 rings (SSSR count). The van der Waals surface area contributed by atoms with E-state index in [1.54, 1.807) is 6.92 Å². The van der Waals surface area contributed by atoms with Crippen LogP contribution >= 0.6 is 0 Å². The molecule has 4 nitrogen and oxygen atoms in total. The summed E-state index contributed by atoms with van der Waals surface area (Å²) in [5.41, 5.74) is 1.92. The maximum atomic E-state index is 11.6. The minimum Gasteiger partial charge on any atom is -0.353 e. The van der Waals surface area contributed by atoms with Gasteiger partial charge in [-0.3, -0.25) is 4.55 Å². The molecule has 0 fully saturated rings. The lowest BCUT2D eigenvalue weighted by Gasteiger charge is -2.33. The van der Waals surface area contributed by atoms with Gasteiger partial charge in [0.25, 0.3) is 10.1 Å². The highest BCUT2D eigenvalue weighted by molar-refractivity contribution is 7.86. The van der Waals surface area contributed by atoms with E-state index >= 15 is 0 Å². The maximum absolute atomic E-state index is 11.6. The van der Waals surface area contributed by atoms with Gasteiger partial charge in [-0.2, -0.15) is 8.42 Å². The summed E-state index contributed by atoms with van der Waals surface area (Å²) in [4.78, 5) is 1.81. The van der Waals surface area contributed by atoms with E-state index in [2.05, 4.69) is 13.8 Å². The van der Waals surface area contributed by atoms with Crippen molar-refractivity contribution in [1.29, 1.82) is 0 Å². The third-order valence-electron chi connectivity index (χ3n) is 4.20. The van der Waals surface area contributed by atoms with E-state index < -0.39 is 15.5 Å². The van der Waals surface area contributed by atoms with E-state index in [1.807, 2.05) is 36.1 Å². The van der Waals surface area contributed by atoms with Crippen LogP contribution in [0.1, 0.15) is 52.0 Å². The summed E-state index contributed by atoms with van der Waals surface area (Å²) < 4.78 is 32.7. The predicted octanol–water partition coefficient (Wildman–Crippen LogP) is 4.25. The van der Waals surface area contributed by atoms with Crippen LogP contribution in [-0.2, 0) is 10.1 Å². The Bertz CT molecular complexity index is 557. The molecule has 1 aromatic rings. The van der Waals surface area contributed by atoms with Crippen molar-refractivity contribution in [3.8, 4) is 0 Å². The Morgan fingerprint density at radius 2 is 1.95 bits per heavy atom. The molecule has 0 aliphatic rings. The van der Waals surface area contributed by atoms with Crippen LogP contribution in [0.2, 0.25) is 0 Å². The van der Waals surface area contributed by atoms with Crippen molar-refractivity contribution < 1.29 is 13.0 Å². The molecule has 2 unspecified atom stereocenters. The van der Waals surface area contributed by atoms with E-state index in [1.165, 1.54) is 0 Å². The topological polar surface area (TPSA) is 57.6 Å². The lowest BCUT2D eigenvalue weighted by molar-refractivity contribution is 0.427. The number of aryl methyl sites for hydroxylation is 1. The minimum atomic E-state index is -4.11. The Hall–Kier alpha value is -1.07. The smallest absolute Gasteiger partial charge is 0.286 e. The van der Waals surface area contributed by atoms with Crippen LogP contribution in [0.5, 0.6) is 0 Å². The van der Waals surface area contributed by atoms with E-state index in [4.69, 9.17) is 0 Å². The molecule has 0 radical (unpaired) electrons. The Balaban J connectivity index is 3.06. The van der Waals surface area contributed by atoms with Gasteiger partial charge in [-0.1, -0.05) is 45.2 Å². The Kier molecular flexibility index (Phi) is 7.36. The molecule has 22 heavy (non-hydrogen) atoms. The first-order chi connectivity index (χ1) is 10.3. The molecule has 0 saturated heterocycles. The van der Waals surface area contributed by atoms with Crippen molar-refractivity contribution in [2.75, 3.05) is 11.4 Å². The van der Waals surface area contributed by atoms with Crippen LogP contribution in [0, 0.1) is 12.8 Å². The molecule has 0 bridgehead atoms. The standard InChI is InChI=1S/C17H29NO3S/c1-5-7-10-16(6-2)13-18(15(4)22(19,20)21)17-11-8-9-14(3)12-17/h8-9,11-12,15-16H,5-7,10,13H2,1-4H3,(H,19,20,21). The fourth-order valence-corrected chi connectivity index (χ4v) is 3.16. The lowest BCUT2D eigenvalue weighted by Crippen LogP contribution is -2.41.